The topological polar surface area (TPSA) is 81.0 Å². The molecule has 2 aromatic carbocycles. The maximum atomic E-state index is 14.8. The van der Waals surface area contributed by atoms with Crippen molar-refractivity contribution in [1.82, 2.24) is 24.1 Å². The minimum atomic E-state index is -2.87. The summed E-state index contributed by atoms with van der Waals surface area (Å²) in [7, 11) is -2.87. The average Bonchev–Trinajstić information content (AvgIpc) is 3.75. The number of allylic oxidation sites excluding steroid dienone is 1. The molecule has 3 atom stereocenters. The smallest absolute Gasteiger partial charge is 0.191 e. The normalized spacial score (nSPS) is 20.4. The second-order valence-corrected chi connectivity index (χ2v) is 15.2. The van der Waals surface area contributed by atoms with Crippen molar-refractivity contribution in [1.29, 1.82) is 0 Å². The van der Waals surface area contributed by atoms with Crippen molar-refractivity contribution in [3.05, 3.63) is 118 Å². The third-order valence-electron chi connectivity index (χ3n) is 9.10. The van der Waals surface area contributed by atoms with E-state index in [1.165, 1.54) is 23.5 Å². The summed E-state index contributed by atoms with van der Waals surface area (Å²) in [6.07, 6.45) is 9.49. The Bertz CT molecular complexity index is 2040. The molecule has 7 nitrogen and oxygen atoms in total. The second-order valence-electron chi connectivity index (χ2n) is 11.7. The summed E-state index contributed by atoms with van der Waals surface area (Å²) in [5.41, 5.74) is 3.83. The molecule has 0 aliphatic heterocycles. The summed E-state index contributed by atoms with van der Waals surface area (Å²) in [6.45, 7) is 2.47. The first-order chi connectivity index (χ1) is 22.2. The summed E-state index contributed by atoms with van der Waals surface area (Å²) in [6, 6.07) is 16.7. The Labute approximate surface area is 276 Å². The number of Topliss-reactive ketones (excluding diaryl/α,β-unsaturated/α-hetero) is 1. The van der Waals surface area contributed by atoms with Crippen molar-refractivity contribution in [2.75, 3.05) is 6.54 Å². The number of pyridine rings is 1. The third kappa shape index (κ3) is 5.33. The molecule has 0 N–H and O–H groups in total. The lowest BCUT2D eigenvalue weighted by atomic mass is 9.60. The van der Waals surface area contributed by atoms with Crippen LogP contribution in [0.2, 0.25) is 5.02 Å². The van der Waals surface area contributed by atoms with E-state index in [2.05, 4.69) is 27.0 Å². The summed E-state index contributed by atoms with van der Waals surface area (Å²) in [5.74, 6) is 3.82. The van der Waals surface area contributed by atoms with Gasteiger partial charge in [0.2, 0.25) is 0 Å². The van der Waals surface area contributed by atoms with Crippen LogP contribution in [0.15, 0.2) is 95.1 Å². The first-order valence-electron chi connectivity index (χ1n) is 15.0. The van der Waals surface area contributed by atoms with Gasteiger partial charge >= 0.3 is 0 Å². The van der Waals surface area contributed by atoms with Gasteiger partial charge in [-0.2, -0.15) is 5.10 Å². The Balaban J connectivity index is 1.30. The Hall–Kier alpha value is -3.96. The molecular formula is C35H31ClFN5O2S2. The van der Waals surface area contributed by atoms with Gasteiger partial charge in [0.25, 0.3) is 0 Å². The highest BCUT2D eigenvalue weighted by atomic mass is 35.5. The first-order valence-corrected chi connectivity index (χ1v) is 18.0. The van der Waals surface area contributed by atoms with Crippen LogP contribution in [0, 0.1) is 11.2 Å². The van der Waals surface area contributed by atoms with E-state index in [0.717, 1.165) is 33.1 Å². The van der Waals surface area contributed by atoms with Gasteiger partial charge in [-0.05, 0) is 104 Å². The molecule has 0 spiro atoms. The summed E-state index contributed by atoms with van der Waals surface area (Å²) in [4.78, 5) is 24.4. The molecule has 3 aromatic heterocycles. The van der Waals surface area contributed by atoms with Crippen LogP contribution < -0.4 is 0 Å². The molecule has 0 radical (unpaired) electrons. The van der Waals surface area contributed by atoms with Crippen LogP contribution in [0.1, 0.15) is 47.9 Å². The lowest BCUT2D eigenvalue weighted by molar-refractivity contribution is 0.0742. The molecule has 2 aliphatic carbocycles. The number of thiazole rings is 1. The van der Waals surface area contributed by atoms with Crippen LogP contribution in [0.4, 0.5) is 4.39 Å². The van der Waals surface area contributed by atoms with Gasteiger partial charge in [-0.3, -0.25) is 9.78 Å². The maximum absolute atomic E-state index is 14.8. The van der Waals surface area contributed by atoms with Gasteiger partial charge in [-0.1, -0.05) is 24.1 Å². The number of hydrogen-bond donors (Lipinski definition) is 0. The molecule has 1 fully saturated rings. The molecule has 234 valence electrons. The molecule has 0 bridgehead atoms. The summed E-state index contributed by atoms with van der Waals surface area (Å²) in [5, 5.41) is 7.96. The number of carbonyl (C=O) groups excluding carboxylic acids is 1. The van der Waals surface area contributed by atoms with E-state index in [1.54, 1.807) is 65.7 Å². The molecule has 3 heterocycles. The molecule has 1 unspecified atom stereocenters. The molecule has 2 aliphatic rings. The number of benzene rings is 2. The van der Waals surface area contributed by atoms with Crippen LogP contribution in [-0.2, 0) is 16.1 Å². The van der Waals surface area contributed by atoms with E-state index >= 15 is 0 Å². The van der Waals surface area contributed by atoms with Gasteiger partial charge in [-0.15, -0.1) is 11.3 Å². The molecule has 46 heavy (non-hydrogen) atoms. The van der Waals surface area contributed by atoms with Crippen molar-refractivity contribution >= 4 is 50.4 Å². The van der Waals surface area contributed by atoms with Crippen molar-refractivity contribution in [3.8, 4) is 16.3 Å². The number of fused-ring (bicyclic) bond motifs is 2. The number of aromatic nitrogens is 4. The van der Waals surface area contributed by atoms with Crippen LogP contribution in [0.3, 0.4) is 0 Å². The summed E-state index contributed by atoms with van der Waals surface area (Å²) >= 11 is 7.65. The standard InChI is InChI=1S/C35H31ClFN5O2S2/c1-3-41(46(2,44)30-13-6-26(36)7-14-30)29-10-5-25-18-32-24(22-40-42(32)28-11-8-27(37)9-12-28)19-35(25,20-29)33(43)31-15-4-23(21-39-31)34-38-16-17-45-34/h4,6-9,11-18,21-22,29H,2-3,5,10,19-20H2,1H3/t29-,35-,46?/m0/s1. The van der Waals surface area contributed by atoms with E-state index in [1.807, 2.05) is 22.7 Å². The van der Waals surface area contributed by atoms with Crippen molar-refractivity contribution in [2.24, 2.45) is 5.41 Å². The van der Waals surface area contributed by atoms with E-state index in [9.17, 15) is 13.4 Å². The van der Waals surface area contributed by atoms with E-state index < -0.39 is 15.1 Å². The zero-order valence-corrected chi connectivity index (χ0v) is 27.5. The number of hydrogen-bond acceptors (Lipinski definition) is 6. The molecule has 0 saturated heterocycles. The van der Waals surface area contributed by atoms with E-state index in [0.29, 0.717) is 47.8 Å². The number of nitrogens with zero attached hydrogens (tertiary/aromatic N) is 5. The third-order valence-corrected chi connectivity index (χ3v) is 12.5. The Morgan fingerprint density at radius 3 is 2.59 bits per heavy atom. The van der Waals surface area contributed by atoms with Crippen LogP contribution >= 0.6 is 22.9 Å². The molecule has 0 amide bonds. The maximum Gasteiger partial charge on any atom is 0.191 e. The Morgan fingerprint density at radius 1 is 1.13 bits per heavy atom. The first kappa shape index (κ1) is 30.7. The van der Waals surface area contributed by atoms with Gasteiger partial charge in [0, 0.05) is 45.8 Å². The number of rotatable bonds is 8. The van der Waals surface area contributed by atoms with Crippen molar-refractivity contribution in [3.63, 3.8) is 0 Å². The van der Waals surface area contributed by atoms with Gasteiger partial charge in [-0.25, -0.2) is 22.6 Å². The highest BCUT2D eigenvalue weighted by molar-refractivity contribution is 7.98. The SMILES string of the molecule is C=S(=O)(c1ccc(Cl)cc1)N(CC)[C@H]1CCC2=Cc3c(cnn3-c3ccc(F)cc3)C[C@]2(C(=O)c2ccc(-c3nccs3)cn2)C1. The van der Waals surface area contributed by atoms with Crippen molar-refractivity contribution < 1.29 is 13.4 Å². The van der Waals surface area contributed by atoms with Crippen LogP contribution in [0.5, 0.6) is 0 Å². The fourth-order valence-electron chi connectivity index (χ4n) is 6.87. The molecule has 11 heteroatoms. The highest BCUT2D eigenvalue weighted by Gasteiger charge is 2.51. The molecular weight excluding hydrogens is 641 g/mol. The number of halogens is 2. The predicted molar refractivity (Wildman–Crippen MR) is 182 cm³/mol. The Morgan fingerprint density at radius 2 is 1.91 bits per heavy atom. The fraction of sp³-hybridized carbons (Fsp3) is 0.229. The lowest BCUT2D eigenvalue weighted by Crippen LogP contribution is -2.50. The minimum Gasteiger partial charge on any atom is -0.291 e. The molecule has 7 rings (SSSR count). The van der Waals surface area contributed by atoms with Crippen LogP contribution in [0.25, 0.3) is 22.3 Å². The largest absolute Gasteiger partial charge is 0.291 e. The van der Waals surface area contributed by atoms with Gasteiger partial charge < -0.3 is 0 Å². The minimum absolute atomic E-state index is 0.0765. The number of carbonyl (C=O) groups is 1. The van der Waals surface area contributed by atoms with E-state index in [-0.39, 0.29) is 17.6 Å². The average molecular weight is 672 g/mol. The Kier molecular flexibility index (Phi) is 8.01. The lowest BCUT2D eigenvalue weighted by Gasteiger charge is -2.47. The van der Waals surface area contributed by atoms with Crippen LogP contribution in [-0.4, -0.2) is 52.5 Å². The van der Waals surface area contributed by atoms with Gasteiger partial charge in [0.15, 0.2) is 5.78 Å². The molecule has 1 saturated carbocycles. The predicted octanol–water partition coefficient (Wildman–Crippen LogP) is 7.56. The quantitative estimate of drug-likeness (QED) is 0.126. The number of ketones is 1. The zero-order chi connectivity index (χ0) is 32.1. The monoisotopic (exact) mass is 671 g/mol. The zero-order valence-electron chi connectivity index (χ0n) is 25.1. The molecule has 5 aromatic rings. The fourth-order valence-corrected chi connectivity index (χ4v) is 9.54. The van der Waals surface area contributed by atoms with Gasteiger partial charge in [0.1, 0.15) is 16.5 Å². The highest BCUT2D eigenvalue weighted by Crippen LogP contribution is 2.51. The second kappa shape index (κ2) is 12.0. The van der Waals surface area contributed by atoms with Crippen molar-refractivity contribution in [2.45, 2.75) is 43.5 Å². The van der Waals surface area contributed by atoms with E-state index in [4.69, 9.17) is 11.6 Å². The van der Waals surface area contributed by atoms with Gasteiger partial charge in [0.05, 0.1) is 32.7 Å². The summed E-state index contributed by atoms with van der Waals surface area (Å²) < 4.78 is 31.8.